The number of benzene rings is 2. The van der Waals surface area contributed by atoms with Crippen LogP contribution in [0.25, 0.3) is 0 Å². The maximum Gasteiger partial charge on any atom is 0.236 e. The van der Waals surface area contributed by atoms with Crippen molar-refractivity contribution >= 4 is 17.5 Å². The van der Waals surface area contributed by atoms with Gasteiger partial charge < -0.3 is 4.90 Å². The van der Waals surface area contributed by atoms with E-state index in [4.69, 9.17) is 0 Å². The first-order chi connectivity index (χ1) is 16.5. The van der Waals surface area contributed by atoms with E-state index in [0.717, 1.165) is 5.69 Å². The Bertz CT molecular complexity index is 1070. The fraction of sp³-hybridized carbons (Fsp3) is 0.286. The number of aromatic nitrogens is 1. The molecule has 0 radical (unpaired) electrons. The lowest BCUT2D eigenvalue weighted by atomic mass is 9.70. The van der Waals surface area contributed by atoms with Crippen LogP contribution in [0, 0.1) is 11.8 Å². The number of hydrogen-bond donors (Lipinski definition) is 0. The molecule has 0 bridgehead atoms. The Morgan fingerprint density at radius 2 is 1.29 bits per heavy atom. The Kier molecular flexibility index (Phi) is 7.28. The summed E-state index contributed by atoms with van der Waals surface area (Å²) in [6, 6.07) is 23.9. The topological polar surface area (TPSA) is 70.6 Å². The Labute approximate surface area is 200 Å². The number of likely N-dealkylation sites (N-methyl/N-ethyl adjacent to an activating group) is 1. The summed E-state index contributed by atoms with van der Waals surface area (Å²) >= 11 is 0. The van der Waals surface area contributed by atoms with Crippen LogP contribution in [0.15, 0.2) is 85.1 Å². The van der Waals surface area contributed by atoms with Crippen LogP contribution in [0.5, 0.6) is 0 Å². The molecule has 1 aliphatic rings. The molecule has 6 heteroatoms. The van der Waals surface area contributed by atoms with Crippen LogP contribution in [0.4, 0.5) is 0 Å². The van der Waals surface area contributed by atoms with Crippen LogP contribution in [-0.2, 0) is 4.79 Å². The van der Waals surface area contributed by atoms with Crippen LogP contribution in [0.1, 0.15) is 32.3 Å². The second-order valence-electron chi connectivity index (χ2n) is 8.94. The largest absolute Gasteiger partial charge is 0.348 e. The van der Waals surface area contributed by atoms with Crippen molar-refractivity contribution in [2.24, 2.45) is 11.8 Å². The molecule has 0 saturated carbocycles. The van der Waals surface area contributed by atoms with E-state index in [1.54, 1.807) is 44.6 Å². The van der Waals surface area contributed by atoms with Gasteiger partial charge in [-0.05, 0) is 12.1 Å². The minimum absolute atomic E-state index is 0.0379. The first-order valence-corrected chi connectivity index (χ1v) is 11.5. The molecule has 6 nitrogen and oxygen atoms in total. The summed E-state index contributed by atoms with van der Waals surface area (Å²) in [6.07, 6.45) is 1.70. The Morgan fingerprint density at radius 1 is 0.794 bits per heavy atom. The van der Waals surface area contributed by atoms with Crippen LogP contribution in [0.3, 0.4) is 0 Å². The Balaban J connectivity index is 1.78. The maximum atomic E-state index is 13.8. The summed E-state index contributed by atoms with van der Waals surface area (Å²) in [5, 5.41) is 0. The molecule has 2 aromatic carbocycles. The fourth-order valence-corrected chi connectivity index (χ4v) is 4.71. The van der Waals surface area contributed by atoms with Crippen LogP contribution >= 0.6 is 0 Å². The highest BCUT2D eigenvalue weighted by molar-refractivity contribution is 6.02. The average molecular weight is 456 g/mol. The average Bonchev–Trinajstić information content (AvgIpc) is 2.88. The van der Waals surface area contributed by atoms with Gasteiger partial charge in [0, 0.05) is 68.0 Å². The number of Topliss-reactive ketones (excluding diaryl/α,β-unsaturated/α-hetero) is 2. The molecule has 1 amide bonds. The maximum absolute atomic E-state index is 13.8. The van der Waals surface area contributed by atoms with E-state index in [1.807, 2.05) is 59.5 Å². The third-order valence-corrected chi connectivity index (χ3v) is 6.45. The van der Waals surface area contributed by atoms with Crippen molar-refractivity contribution in [3.05, 3.63) is 102 Å². The number of amides is 1. The number of carbonyl (C=O) groups is 3. The molecule has 1 aromatic heterocycles. The highest BCUT2D eigenvalue weighted by atomic mass is 16.2. The van der Waals surface area contributed by atoms with Gasteiger partial charge in [-0.3, -0.25) is 24.3 Å². The van der Waals surface area contributed by atoms with Crippen molar-refractivity contribution in [1.29, 1.82) is 0 Å². The summed E-state index contributed by atoms with van der Waals surface area (Å²) in [6.45, 7) is 0.916. The molecule has 0 N–H and O–H groups in total. The van der Waals surface area contributed by atoms with Gasteiger partial charge in [0.05, 0.1) is 6.54 Å². The fourth-order valence-electron chi connectivity index (χ4n) is 4.71. The van der Waals surface area contributed by atoms with Crippen molar-refractivity contribution in [1.82, 2.24) is 14.8 Å². The Hall–Kier alpha value is -3.64. The van der Waals surface area contributed by atoms with Gasteiger partial charge in [0.1, 0.15) is 0 Å². The molecule has 0 aliphatic carbocycles. The number of carbonyl (C=O) groups excluding carboxylic acids is 3. The number of nitrogens with zero attached hydrogens (tertiary/aromatic N) is 3. The molecule has 174 valence electrons. The lowest BCUT2D eigenvalue weighted by Crippen LogP contribution is -2.52. The molecule has 4 rings (SSSR count). The summed E-state index contributed by atoms with van der Waals surface area (Å²) in [5.74, 6) is -1.56. The van der Waals surface area contributed by atoms with Gasteiger partial charge >= 0.3 is 0 Å². The van der Waals surface area contributed by atoms with Gasteiger partial charge in [-0.15, -0.1) is 0 Å². The third-order valence-electron chi connectivity index (χ3n) is 6.45. The molecule has 2 atom stereocenters. The van der Waals surface area contributed by atoms with Gasteiger partial charge in [0.25, 0.3) is 0 Å². The van der Waals surface area contributed by atoms with Crippen LogP contribution < -0.4 is 0 Å². The lowest BCUT2D eigenvalue weighted by molar-refractivity contribution is -0.130. The summed E-state index contributed by atoms with van der Waals surface area (Å²) in [5.41, 5.74) is 1.92. The quantitative estimate of drug-likeness (QED) is 0.510. The highest BCUT2D eigenvalue weighted by Gasteiger charge is 2.45. The minimum atomic E-state index is -0.515. The monoisotopic (exact) mass is 455 g/mol. The number of pyridine rings is 1. The normalized spacial score (nSPS) is 18.9. The van der Waals surface area contributed by atoms with Crippen molar-refractivity contribution in [2.45, 2.75) is 5.92 Å². The predicted octanol–water partition coefficient (Wildman–Crippen LogP) is 3.57. The van der Waals surface area contributed by atoms with Crippen molar-refractivity contribution < 1.29 is 14.4 Å². The second kappa shape index (κ2) is 10.5. The lowest BCUT2D eigenvalue weighted by Gasteiger charge is -2.42. The second-order valence-corrected chi connectivity index (χ2v) is 8.94. The van der Waals surface area contributed by atoms with E-state index >= 15 is 0 Å². The molecule has 2 heterocycles. The number of rotatable bonds is 7. The van der Waals surface area contributed by atoms with E-state index in [1.165, 1.54) is 4.90 Å². The molecule has 1 saturated heterocycles. The smallest absolute Gasteiger partial charge is 0.236 e. The van der Waals surface area contributed by atoms with Gasteiger partial charge in [-0.2, -0.15) is 0 Å². The number of piperidine rings is 1. The highest BCUT2D eigenvalue weighted by Crippen LogP contribution is 2.40. The van der Waals surface area contributed by atoms with Gasteiger partial charge in [-0.25, -0.2) is 0 Å². The van der Waals surface area contributed by atoms with Gasteiger partial charge in [0.2, 0.25) is 5.91 Å². The zero-order chi connectivity index (χ0) is 24.1. The van der Waals surface area contributed by atoms with E-state index < -0.39 is 17.8 Å². The number of ketones is 2. The molecule has 34 heavy (non-hydrogen) atoms. The van der Waals surface area contributed by atoms with Crippen molar-refractivity contribution in [2.75, 3.05) is 33.7 Å². The standard InChI is InChI=1S/C28H29N3O3/c1-30(2)25(32)19-31-17-22(27(33)20-11-5-3-6-12-20)26(24-15-9-10-16-29-24)23(18-31)28(34)21-13-7-4-8-14-21/h3-16,22-23,26H,17-19H2,1-2H3/t22-,23-/m0/s1. The van der Waals surface area contributed by atoms with E-state index in [-0.39, 0.29) is 24.0 Å². The molecule has 3 aromatic rings. The summed E-state index contributed by atoms with van der Waals surface area (Å²) in [4.78, 5) is 48.2. The predicted molar refractivity (Wildman–Crippen MR) is 131 cm³/mol. The molecular formula is C28H29N3O3. The van der Waals surface area contributed by atoms with Gasteiger partial charge in [0.15, 0.2) is 11.6 Å². The van der Waals surface area contributed by atoms with E-state index in [9.17, 15) is 14.4 Å². The molecule has 0 spiro atoms. The van der Waals surface area contributed by atoms with Crippen LogP contribution in [0.2, 0.25) is 0 Å². The summed E-state index contributed by atoms with van der Waals surface area (Å²) in [7, 11) is 3.42. The molecule has 1 fully saturated rings. The third kappa shape index (κ3) is 5.13. The SMILES string of the molecule is CN(C)C(=O)CN1C[C@H](C(=O)c2ccccc2)C(c2ccccn2)[C@@H](C(=O)c2ccccc2)C1. The van der Waals surface area contributed by atoms with E-state index in [0.29, 0.717) is 24.2 Å². The minimum Gasteiger partial charge on any atom is -0.348 e. The first-order valence-electron chi connectivity index (χ1n) is 11.5. The van der Waals surface area contributed by atoms with E-state index in [2.05, 4.69) is 4.98 Å². The zero-order valence-electron chi connectivity index (χ0n) is 19.5. The first kappa shape index (κ1) is 23.5. The van der Waals surface area contributed by atoms with Gasteiger partial charge in [-0.1, -0.05) is 66.7 Å². The zero-order valence-corrected chi connectivity index (χ0v) is 19.5. The molecule has 0 unspecified atom stereocenters. The van der Waals surface area contributed by atoms with Crippen LogP contribution in [-0.4, -0.2) is 66.0 Å². The summed E-state index contributed by atoms with van der Waals surface area (Å²) < 4.78 is 0. The van der Waals surface area contributed by atoms with Crippen molar-refractivity contribution in [3.63, 3.8) is 0 Å². The van der Waals surface area contributed by atoms with Crippen molar-refractivity contribution in [3.8, 4) is 0 Å². The number of hydrogen-bond acceptors (Lipinski definition) is 5. The Morgan fingerprint density at radius 3 is 1.74 bits per heavy atom. The number of likely N-dealkylation sites (tertiary alicyclic amines) is 1. The molecular weight excluding hydrogens is 426 g/mol. The molecule has 1 aliphatic heterocycles.